The van der Waals surface area contributed by atoms with Crippen molar-refractivity contribution in [2.45, 2.75) is 50.6 Å². The number of amidine groups is 1. The third-order valence-electron chi connectivity index (χ3n) is 11.8. The van der Waals surface area contributed by atoms with E-state index in [0.717, 1.165) is 61.6 Å². The van der Waals surface area contributed by atoms with Crippen LogP contribution in [0.25, 0.3) is 39.6 Å². The standard InChI is InChI=1S/C47H39N5/c1-3-13-30(14-4-1)45-48-46(31-15-5-2-6-16-31)50-47(49-45)52-43-28-35-20-10-8-18-33(35)26-40(43)38-24-23-36(29-44(38)52)51-41-22-12-11-21-37(41)39-25-32-17-7-9-19-34(32)27-42(39)51/h1,3-5,7-8,10-15,17-18,20-25,27-29,31,40,45H,2,6,9,16,19,26H2,(H,48,49,50). The van der Waals surface area contributed by atoms with E-state index in [0.29, 0.717) is 0 Å². The Hall–Kier alpha value is -5.94. The predicted molar refractivity (Wildman–Crippen MR) is 215 cm³/mol. The fourth-order valence-corrected chi connectivity index (χ4v) is 9.21. The van der Waals surface area contributed by atoms with Crippen molar-refractivity contribution < 1.29 is 0 Å². The summed E-state index contributed by atoms with van der Waals surface area (Å²) in [5.74, 6) is 2.21. The van der Waals surface area contributed by atoms with Gasteiger partial charge in [-0.15, -0.1) is 0 Å². The quantitative estimate of drug-likeness (QED) is 0.190. The van der Waals surface area contributed by atoms with Crippen LogP contribution < -0.4 is 10.2 Å². The maximum Gasteiger partial charge on any atom is 0.211 e. The molecule has 5 heteroatoms. The van der Waals surface area contributed by atoms with Crippen LogP contribution in [0.15, 0.2) is 143 Å². The molecular formula is C47H39N5. The summed E-state index contributed by atoms with van der Waals surface area (Å²) in [5, 5.41) is 6.42. The molecule has 0 saturated carbocycles. The minimum atomic E-state index is -0.223. The largest absolute Gasteiger partial charge is 0.330 e. The summed E-state index contributed by atoms with van der Waals surface area (Å²) in [6.07, 6.45) is 17.9. The molecule has 52 heavy (non-hydrogen) atoms. The van der Waals surface area contributed by atoms with Crippen LogP contribution in [0.1, 0.15) is 71.1 Å². The lowest BCUT2D eigenvalue weighted by atomic mass is 9.84. The highest BCUT2D eigenvalue weighted by atomic mass is 15.4. The summed E-state index contributed by atoms with van der Waals surface area (Å²) < 4.78 is 2.48. The number of hydrogen-bond acceptors (Lipinski definition) is 4. The number of fused-ring (bicyclic) bond motifs is 8. The first-order valence-electron chi connectivity index (χ1n) is 18.9. The molecule has 1 aromatic heterocycles. The second kappa shape index (κ2) is 11.8. The zero-order valence-corrected chi connectivity index (χ0v) is 29.0. The highest BCUT2D eigenvalue weighted by Gasteiger charge is 2.41. The van der Waals surface area contributed by atoms with Gasteiger partial charge in [-0.1, -0.05) is 103 Å². The first kappa shape index (κ1) is 29.8. The average Bonchev–Trinajstić information content (AvgIpc) is 3.70. The third kappa shape index (κ3) is 4.68. The van der Waals surface area contributed by atoms with Gasteiger partial charge in [0.05, 0.1) is 16.7 Å². The fourth-order valence-electron chi connectivity index (χ4n) is 9.21. The lowest BCUT2D eigenvalue weighted by Gasteiger charge is -2.33. The lowest BCUT2D eigenvalue weighted by Crippen LogP contribution is -2.45. The van der Waals surface area contributed by atoms with Gasteiger partial charge in [0, 0.05) is 34.0 Å². The SMILES string of the molecule is C1=CC(C2=NC(c3ccccc3)NC(N3C4=Cc5ccccc5CC4c4ccc(-n5c6ccccc6c6cc7c(cc65)CCC=C7)cc43)=N2)CCC1. The number of rotatable bonds is 3. The molecule has 0 bridgehead atoms. The van der Waals surface area contributed by atoms with Crippen LogP contribution >= 0.6 is 0 Å². The van der Waals surface area contributed by atoms with E-state index in [-0.39, 0.29) is 18.0 Å². The molecule has 0 saturated heterocycles. The smallest absolute Gasteiger partial charge is 0.211 e. The van der Waals surface area contributed by atoms with Crippen LogP contribution in [0.5, 0.6) is 0 Å². The Labute approximate surface area is 304 Å². The topological polar surface area (TPSA) is 44.9 Å². The molecule has 0 amide bonds. The number of aryl methyl sites for hydroxylation is 1. The molecule has 6 aromatic rings. The lowest BCUT2D eigenvalue weighted by molar-refractivity contribution is 0.615. The van der Waals surface area contributed by atoms with Crippen LogP contribution in [-0.4, -0.2) is 16.4 Å². The van der Waals surface area contributed by atoms with Gasteiger partial charge in [-0.3, -0.25) is 4.90 Å². The van der Waals surface area contributed by atoms with Gasteiger partial charge in [0.15, 0.2) is 0 Å². The van der Waals surface area contributed by atoms with Gasteiger partial charge in [0.25, 0.3) is 0 Å². The van der Waals surface area contributed by atoms with Gasteiger partial charge < -0.3 is 9.88 Å². The van der Waals surface area contributed by atoms with E-state index in [2.05, 4.69) is 154 Å². The fraction of sp³-hybridized carbons (Fsp3) is 0.191. The zero-order chi connectivity index (χ0) is 34.2. The van der Waals surface area contributed by atoms with Crippen LogP contribution in [0, 0.1) is 5.92 Å². The van der Waals surface area contributed by atoms with E-state index >= 15 is 0 Å². The molecule has 5 nitrogen and oxygen atoms in total. The first-order chi connectivity index (χ1) is 25.8. The Morgan fingerprint density at radius 2 is 1.62 bits per heavy atom. The minimum absolute atomic E-state index is 0.209. The minimum Gasteiger partial charge on any atom is -0.330 e. The Kier molecular flexibility index (Phi) is 6.76. The molecule has 252 valence electrons. The van der Waals surface area contributed by atoms with Gasteiger partial charge in [-0.25, -0.2) is 4.99 Å². The summed E-state index contributed by atoms with van der Waals surface area (Å²) in [5.41, 5.74) is 14.0. The Balaban J connectivity index is 1.12. The van der Waals surface area contributed by atoms with Crippen LogP contribution in [-0.2, 0) is 12.8 Å². The molecule has 11 rings (SSSR count). The second-order valence-electron chi connectivity index (χ2n) is 14.8. The van der Waals surface area contributed by atoms with Gasteiger partial charge in [-0.2, -0.15) is 4.99 Å². The van der Waals surface area contributed by atoms with Crippen molar-refractivity contribution in [2.24, 2.45) is 15.9 Å². The number of allylic oxidation sites excluding steroid dienone is 3. The molecule has 0 spiro atoms. The van der Waals surface area contributed by atoms with Crippen molar-refractivity contribution >= 4 is 51.4 Å². The van der Waals surface area contributed by atoms with E-state index < -0.39 is 0 Å². The van der Waals surface area contributed by atoms with E-state index in [4.69, 9.17) is 9.98 Å². The van der Waals surface area contributed by atoms with Gasteiger partial charge >= 0.3 is 0 Å². The number of guanidine groups is 1. The van der Waals surface area contributed by atoms with Gasteiger partial charge in [-0.05, 0) is 108 Å². The Bertz CT molecular complexity index is 2580. The highest BCUT2D eigenvalue weighted by Crippen LogP contribution is 2.50. The molecule has 3 atom stereocenters. The molecule has 1 N–H and O–H groups in total. The molecule has 0 fully saturated rings. The zero-order valence-electron chi connectivity index (χ0n) is 29.0. The first-order valence-corrected chi connectivity index (χ1v) is 18.9. The summed E-state index contributed by atoms with van der Waals surface area (Å²) in [7, 11) is 0. The number of nitrogens with one attached hydrogen (secondary N) is 1. The van der Waals surface area contributed by atoms with Gasteiger partial charge in [0.1, 0.15) is 12.0 Å². The molecule has 3 aliphatic carbocycles. The summed E-state index contributed by atoms with van der Waals surface area (Å²) in [6.45, 7) is 0. The highest BCUT2D eigenvalue weighted by molar-refractivity contribution is 6.12. The summed E-state index contributed by atoms with van der Waals surface area (Å²) in [4.78, 5) is 13.1. The number of aromatic nitrogens is 1. The third-order valence-corrected chi connectivity index (χ3v) is 11.8. The monoisotopic (exact) mass is 673 g/mol. The molecular weight excluding hydrogens is 635 g/mol. The van der Waals surface area contributed by atoms with Crippen LogP contribution in [0.3, 0.4) is 0 Å². The van der Waals surface area contributed by atoms with Crippen molar-refractivity contribution in [3.8, 4) is 5.69 Å². The number of benzene rings is 5. The number of hydrogen-bond donors (Lipinski definition) is 1. The molecule has 0 radical (unpaired) electrons. The van der Waals surface area contributed by atoms with Crippen molar-refractivity contribution in [2.75, 3.05) is 4.90 Å². The van der Waals surface area contributed by atoms with Crippen molar-refractivity contribution in [3.05, 3.63) is 167 Å². The molecule has 3 unspecified atom stereocenters. The number of nitrogens with zero attached hydrogens (tertiary/aromatic N) is 4. The van der Waals surface area contributed by atoms with E-state index in [9.17, 15) is 0 Å². The van der Waals surface area contributed by atoms with E-state index in [1.807, 2.05) is 0 Å². The molecule has 2 aliphatic heterocycles. The van der Waals surface area contributed by atoms with Crippen LogP contribution in [0.2, 0.25) is 0 Å². The Morgan fingerprint density at radius 1 is 0.731 bits per heavy atom. The van der Waals surface area contributed by atoms with E-state index in [1.165, 1.54) is 61.0 Å². The van der Waals surface area contributed by atoms with Crippen LogP contribution in [0.4, 0.5) is 5.69 Å². The second-order valence-corrected chi connectivity index (χ2v) is 14.8. The predicted octanol–water partition coefficient (Wildman–Crippen LogP) is 10.7. The Morgan fingerprint density at radius 3 is 2.54 bits per heavy atom. The van der Waals surface area contributed by atoms with Crippen molar-refractivity contribution in [1.29, 1.82) is 0 Å². The number of para-hydroxylation sites is 1. The maximum absolute atomic E-state index is 5.43. The van der Waals surface area contributed by atoms with E-state index in [1.54, 1.807) is 0 Å². The summed E-state index contributed by atoms with van der Waals surface area (Å²) in [6, 6.07) is 40.3. The maximum atomic E-state index is 5.43. The molecule has 5 aromatic carbocycles. The molecule has 3 heterocycles. The normalized spacial score (nSPS) is 21.5. The van der Waals surface area contributed by atoms with Crippen molar-refractivity contribution in [1.82, 2.24) is 9.88 Å². The molecule has 5 aliphatic rings. The van der Waals surface area contributed by atoms with Gasteiger partial charge in [0.2, 0.25) is 5.96 Å². The average molecular weight is 674 g/mol. The number of anilines is 1. The number of aliphatic imine (C=N–C) groups is 2. The summed E-state index contributed by atoms with van der Waals surface area (Å²) >= 11 is 0. The van der Waals surface area contributed by atoms with Crippen molar-refractivity contribution in [3.63, 3.8) is 0 Å².